The van der Waals surface area contributed by atoms with Gasteiger partial charge in [0.25, 0.3) is 0 Å². The molecule has 1 rings (SSSR count). The zero-order valence-corrected chi connectivity index (χ0v) is 8.87. The minimum absolute atomic E-state index is 0.359. The van der Waals surface area contributed by atoms with Crippen LogP contribution in [-0.4, -0.2) is 16.2 Å². The van der Waals surface area contributed by atoms with Crippen LogP contribution in [0.3, 0.4) is 0 Å². The first-order valence-electron chi connectivity index (χ1n) is 4.67. The summed E-state index contributed by atoms with van der Waals surface area (Å²) < 4.78 is 26.3. The summed E-state index contributed by atoms with van der Waals surface area (Å²) in [6, 6.07) is 2.56. The Kier molecular flexibility index (Phi) is 3.28. The van der Waals surface area contributed by atoms with Gasteiger partial charge in [-0.3, -0.25) is 4.79 Å². The van der Waals surface area contributed by atoms with Crippen molar-refractivity contribution in [3.63, 3.8) is 0 Å². The molecule has 0 aliphatic carbocycles. The molecule has 0 saturated heterocycles. The number of hydrogen-bond donors (Lipinski definition) is 2. The van der Waals surface area contributed by atoms with Gasteiger partial charge >= 0.3 is 5.97 Å². The van der Waals surface area contributed by atoms with E-state index in [-0.39, 0.29) is 5.56 Å². The van der Waals surface area contributed by atoms with E-state index >= 15 is 0 Å². The topological polar surface area (TPSA) is 57.5 Å². The molecule has 0 heterocycles. The summed E-state index contributed by atoms with van der Waals surface area (Å²) in [5.74, 6) is -4.09. The third-order valence-electron chi connectivity index (χ3n) is 2.69. The monoisotopic (exact) mass is 230 g/mol. The summed E-state index contributed by atoms with van der Waals surface area (Å²) >= 11 is 0. The van der Waals surface area contributed by atoms with Crippen LogP contribution in [0.4, 0.5) is 8.78 Å². The average molecular weight is 230 g/mol. The number of halogens is 2. The van der Waals surface area contributed by atoms with Crippen LogP contribution >= 0.6 is 0 Å². The molecule has 0 spiro atoms. The first-order valence-corrected chi connectivity index (χ1v) is 4.67. The van der Waals surface area contributed by atoms with E-state index in [4.69, 9.17) is 5.11 Å². The number of hydrogen-bond acceptors (Lipinski definition) is 2. The van der Waals surface area contributed by atoms with Gasteiger partial charge in [0.1, 0.15) is 17.2 Å². The van der Waals surface area contributed by atoms with Crippen molar-refractivity contribution in [2.75, 3.05) is 0 Å². The number of benzene rings is 1. The van der Waals surface area contributed by atoms with E-state index in [0.29, 0.717) is 0 Å². The van der Waals surface area contributed by atoms with Crippen LogP contribution in [0.15, 0.2) is 18.2 Å². The molecule has 88 valence electrons. The van der Waals surface area contributed by atoms with Gasteiger partial charge in [-0.1, -0.05) is 0 Å². The molecule has 5 heteroatoms. The van der Waals surface area contributed by atoms with Gasteiger partial charge in [-0.25, -0.2) is 8.78 Å². The average Bonchev–Trinajstić information content (AvgIpc) is 2.20. The second-order valence-corrected chi connectivity index (χ2v) is 3.83. The fourth-order valence-corrected chi connectivity index (χ4v) is 1.36. The fourth-order valence-electron chi connectivity index (χ4n) is 1.36. The smallest absolute Gasteiger partial charge is 0.309 e. The van der Waals surface area contributed by atoms with E-state index in [1.165, 1.54) is 6.92 Å². The Bertz CT molecular complexity index is 416. The minimum atomic E-state index is -1.96. The molecule has 0 radical (unpaired) electrons. The highest BCUT2D eigenvalue weighted by atomic mass is 19.1. The van der Waals surface area contributed by atoms with Crippen LogP contribution < -0.4 is 0 Å². The quantitative estimate of drug-likeness (QED) is 0.833. The van der Waals surface area contributed by atoms with Crippen molar-refractivity contribution in [3.8, 4) is 0 Å². The fraction of sp³-hybridized carbons (Fsp3) is 0.364. The second-order valence-electron chi connectivity index (χ2n) is 3.83. The minimum Gasteiger partial charge on any atom is -0.481 e. The summed E-state index contributed by atoms with van der Waals surface area (Å²) in [5, 5.41) is 18.7. The second kappa shape index (κ2) is 4.17. The predicted octanol–water partition coefficient (Wildman–Crippen LogP) is 1.89. The largest absolute Gasteiger partial charge is 0.481 e. The van der Waals surface area contributed by atoms with E-state index in [1.807, 2.05) is 0 Å². The van der Waals surface area contributed by atoms with Crippen molar-refractivity contribution in [1.29, 1.82) is 0 Å². The molecule has 0 aliphatic heterocycles. The SMILES string of the molecule is CC(C(=O)O)C(C)(O)c1cc(F)ccc1F. The standard InChI is InChI=1S/C11H12F2O3/c1-6(10(14)15)11(2,16)8-5-7(12)3-4-9(8)13/h3-6,16H,1-2H3,(H,14,15). The highest BCUT2D eigenvalue weighted by molar-refractivity contribution is 5.71. The Morgan fingerprint density at radius 3 is 2.50 bits per heavy atom. The predicted molar refractivity (Wildman–Crippen MR) is 52.7 cm³/mol. The zero-order chi connectivity index (χ0) is 12.5. The summed E-state index contributed by atoms with van der Waals surface area (Å²) in [6.07, 6.45) is 0. The maximum Gasteiger partial charge on any atom is 0.309 e. The van der Waals surface area contributed by atoms with Gasteiger partial charge in [0.15, 0.2) is 0 Å². The molecular weight excluding hydrogens is 218 g/mol. The van der Waals surface area contributed by atoms with Crippen LogP contribution in [0, 0.1) is 17.6 Å². The van der Waals surface area contributed by atoms with Gasteiger partial charge in [-0.2, -0.15) is 0 Å². The molecule has 1 aromatic carbocycles. The maximum atomic E-state index is 13.4. The molecule has 2 N–H and O–H groups in total. The molecule has 3 nitrogen and oxygen atoms in total. The van der Waals surface area contributed by atoms with Crippen molar-refractivity contribution < 1.29 is 23.8 Å². The van der Waals surface area contributed by atoms with Gasteiger partial charge in [-0.05, 0) is 32.0 Å². The molecule has 16 heavy (non-hydrogen) atoms. The van der Waals surface area contributed by atoms with E-state index < -0.39 is 29.1 Å². The summed E-state index contributed by atoms with van der Waals surface area (Å²) in [6.45, 7) is 2.37. The van der Waals surface area contributed by atoms with Gasteiger partial charge < -0.3 is 10.2 Å². The third-order valence-corrected chi connectivity index (χ3v) is 2.69. The Morgan fingerprint density at radius 2 is 2.00 bits per heavy atom. The highest BCUT2D eigenvalue weighted by Crippen LogP contribution is 2.31. The van der Waals surface area contributed by atoms with Crippen LogP contribution in [0.2, 0.25) is 0 Å². The Hall–Kier alpha value is -1.49. The molecule has 1 aromatic rings. The van der Waals surface area contributed by atoms with E-state index in [1.54, 1.807) is 0 Å². The van der Waals surface area contributed by atoms with Gasteiger partial charge in [-0.15, -0.1) is 0 Å². The molecule has 0 bridgehead atoms. The molecule has 0 aliphatic rings. The lowest BCUT2D eigenvalue weighted by atomic mass is 9.84. The van der Waals surface area contributed by atoms with Crippen LogP contribution in [-0.2, 0) is 10.4 Å². The normalized spacial score (nSPS) is 16.6. The molecule has 0 fully saturated rings. The zero-order valence-electron chi connectivity index (χ0n) is 8.87. The number of aliphatic hydroxyl groups is 1. The van der Waals surface area contributed by atoms with E-state index in [9.17, 15) is 18.7 Å². The Morgan fingerprint density at radius 1 is 1.44 bits per heavy atom. The lowest BCUT2D eigenvalue weighted by molar-refractivity contribution is -0.150. The molecule has 0 saturated carbocycles. The number of carbonyl (C=O) groups is 1. The Labute approximate surface area is 91.3 Å². The molecular formula is C11H12F2O3. The highest BCUT2D eigenvalue weighted by Gasteiger charge is 2.37. The number of aliphatic carboxylic acids is 1. The summed E-state index contributed by atoms with van der Waals surface area (Å²) in [4.78, 5) is 10.7. The summed E-state index contributed by atoms with van der Waals surface area (Å²) in [7, 11) is 0. The van der Waals surface area contributed by atoms with Gasteiger partial charge in [0.05, 0.1) is 5.92 Å². The van der Waals surface area contributed by atoms with Crippen LogP contribution in [0.25, 0.3) is 0 Å². The maximum absolute atomic E-state index is 13.4. The van der Waals surface area contributed by atoms with Gasteiger partial charge in [0, 0.05) is 5.56 Å². The lowest BCUT2D eigenvalue weighted by Gasteiger charge is -2.28. The van der Waals surface area contributed by atoms with Crippen molar-refractivity contribution in [2.24, 2.45) is 5.92 Å². The first-order chi connectivity index (χ1) is 7.26. The van der Waals surface area contributed by atoms with E-state index in [0.717, 1.165) is 25.1 Å². The molecule has 0 amide bonds. The lowest BCUT2D eigenvalue weighted by Crippen LogP contribution is -2.36. The van der Waals surface area contributed by atoms with Crippen LogP contribution in [0.5, 0.6) is 0 Å². The number of rotatable bonds is 3. The number of carboxylic acids is 1. The van der Waals surface area contributed by atoms with Crippen molar-refractivity contribution in [1.82, 2.24) is 0 Å². The first kappa shape index (κ1) is 12.6. The van der Waals surface area contributed by atoms with Crippen molar-refractivity contribution >= 4 is 5.97 Å². The number of carboxylic acid groups (broad SMARTS) is 1. The third kappa shape index (κ3) is 2.19. The summed E-state index contributed by atoms with van der Waals surface area (Å²) in [5.41, 5.74) is -2.32. The van der Waals surface area contributed by atoms with E-state index in [2.05, 4.69) is 0 Å². The molecule has 2 unspecified atom stereocenters. The molecule has 0 aromatic heterocycles. The van der Waals surface area contributed by atoms with Crippen molar-refractivity contribution in [2.45, 2.75) is 19.4 Å². The Balaban J connectivity index is 3.25. The van der Waals surface area contributed by atoms with Gasteiger partial charge in [0.2, 0.25) is 0 Å². The van der Waals surface area contributed by atoms with Crippen LogP contribution in [0.1, 0.15) is 19.4 Å². The molecule has 2 atom stereocenters. The van der Waals surface area contributed by atoms with Crippen molar-refractivity contribution in [3.05, 3.63) is 35.4 Å².